The van der Waals surface area contributed by atoms with Crippen molar-refractivity contribution in [2.75, 3.05) is 5.32 Å². The number of aromatic carboxylic acids is 1. The van der Waals surface area contributed by atoms with Gasteiger partial charge in [0.1, 0.15) is 5.82 Å². The number of hydrogen-bond acceptors (Lipinski definition) is 2. The lowest BCUT2D eigenvalue weighted by Gasteiger charge is -2.17. The first kappa shape index (κ1) is 14.5. The van der Waals surface area contributed by atoms with E-state index in [0.717, 1.165) is 0 Å². The van der Waals surface area contributed by atoms with Crippen LogP contribution in [0.2, 0.25) is 0 Å². The third-order valence-electron chi connectivity index (χ3n) is 2.96. The fraction of sp³-hybridized carbons (Fsp3) is 0.133. The predicted molar refractivity (Wildman–Crippen MR) is 79.5 cm³/mol. The van der Waals surface area contributed by atoms with Gasteiger partial charge in [0, 0.05) is 15.7 Å². The smallest absolute Gasteiger partial charge is 0.335 e. The average Bonchev–Trinajstić information content (AvgIpc) is 2.41. The standard InChI is InChI=1S/C15H13BrFNO2/c1-9(11-4-2-3-5-13(11)17)18-14-7-6-10(15(19)20)8-12(14)16/h2-9,18H,1H3,(H,19,20). The first-order valence-electron chi connectivity index (χ1n) is 6.03. The lowest BCUT2D eigenvalue weighted by molar-refractivity contribution is 0.0697. The summed E-state index contributed by atoms with van der Waals surface area (Å²) in [6, 6.07) is 11.0. The van der Waals surface area contributed by atoms with Crippen LogP contribution in [0.5, 0.6) is 0 Å². The van der Waals surface area contributed by atoms with Crippen molar-refractivity contribution in [2.24, 2.45) is 0 Å². The van der Waals surface area contributed by atoms with Gasteiger partial charge >= 0.3 is 5.97 Å². The summed E-state index contributed by atoms with van der Waals surface area (Å²) in [7, 11) is 0. The van der Waals surface area contributed by atoms with E-state index in [1.807, 2.05) is 6.92 Å². The molecule has 104 valence electrons. The van der Waals surface area contributed by atoms with E-state index in [4.69, 9.17) is 5.11 Å². The fourth-order valence-corrected chi connectivity index (χ4v) is 2.40. The molecule has 2 rings (SSSR count). The second kappa shape index (κ2) is 6.05. The minimum Gasteiger partial charge on any atom is -0.478 e. The molecule has 0 saturated heterocycles. The molecule has 1 unspecified atom stereocenters. The van der Waals surface area contributed by atoms with Gasteiger partial charge in [-0.05, 0) is 47.1 Å². The molecule has 0 spiro atoms. The van der Waals surface area contributed by atoms with Gasteiger partial charge < -0.3 is 10.4 Å². The summed E-state index contributed by atoms with van der Waals surface area (Å²) in [5.74, 6) is -1.26. The maximum absolute atomic E-state index is 13.7. The Morgan fingerprint density at radius 1 is 1.30 bits per heavy atom. The Bertz CT molecular complexity index is 646. The molecule has 0 aliphatic carbocycles. The van der Waals surface area contributed by atoms with E-state index >= 15 is 0 Å². The Balaban J connectivity index is 2.22. The van der Waals surface area contributed by atoms with Crippen LogP contribution in [0.1, 0.15) is 28.9 Å². The second-order valence-corrected chi connectivity index (χ2v) is 5.24. The zero-order chi connectivity index (χ0) is 14.7. The molecule has 2 aromatic carbocycles. The normalized spacial score (nSPS) is 11.9. The lowest BCUT2D eigenvalue weighted by atomic mass is 10.1. The van der Waals surface area contributed by atoms with Crippen LogP contribution in [0.3, 0.4) is 0 Å². The Morgan fingerprint density at radius 3 is 2.60 bits per heavy atom. The number of nitrogens with one attached hydrogen (secondary N) is 1. The van der Waals surface area contributed by atoms with Crippen LogP contribution in [0.4, 0.5) is 10.1 Å². The molecule has 5 heteroatoms. The summed E-state index contributed by atoms with van der Waals surface area (Å²) in [5, 5.41) is 12.1. The lowest BCUT2D eigenvalue weighted by Crippen LogP contribution is -2.09. The number of rotatable bonds is 4. The predicted octanol–water partition coefficient (Wildman–Crippen LogP) is 4.46. The Hall–Kier alpha value is -1.88. The molecular formula is C15H13BrFNO2. The number of halogens is 2. The number of carboxylic acids is 1. The van der Waals surface area contributed by atoms with Crippen molar-refractivity contribution in [1.29, 1.82) is 0 Å². The molecule has 0 fully saturated rings. The first-order chi connectivity index (χ1) is 9.49. The molecule has 0 aromatic heterocycles. The Kier molecular flexibility index (Phi) is 4.39. The maximum Gasteiger partial charge on any atom is 0.335 e. The van der Waals surface area contributed by atoms with Crippen LogP contribution in [-0.4, -0.2) is 11.1 Å². The van der Waals surface area contributed by atoms with Crippen molar-refractivity contribution in [1.82, 2.24) is 0 Å². The fourth-order valence-electron chi connectivity index (χ4n) is 1.90. The Labute approximate surface area is 124 Å². The molecule has 0 aliphatic heterocycles. The minimum absolute atomic E-state index is 0.195. The zero-order valence-corrected chi connectivity index (χ0v) is 12.3. The summed E-state index contributed by atoms with van der Waals surface area (Å²) in [6.45, 7) is 1.84. The average molecular weight is 338 g/mol. The van der Waals surface area contributed by atoms with Crippen molar-refractivity contribution in [3.63, 3.8) is 0 Å². The number of hydrogen-bond donors (Lipinski definition) is 2. The van der Waals surface area contributed by atoms with Crippen LogP contribution < -0.4 is 5.32 Å². The molecule has 2 N–H and O–H groups in total. The molecule has 0 aliphatic rings. The quantitative estimate of drug-likeness (QED) is 0.865. The van der Waals surface area contributed by atoms with Crippen LogP contribution >= 0.6 is 15.9 Å². The van der Waals surface area contributed by atoms with E-state index in [2.05, 4.69) is 21.2 Å². The van der Waals surface area contributed by atoms with Gasteiger partial charge in [-0.1, -0.05) is 18.2 Å². The monoisotopic (exact) mass is 337 g/mol. The molecule has 0 amide bonds. The highest BCUT2D eigenvalue weighted by atomic mass is 79.9. The number of benzene rings is 2. The highest BCUT2D eigenvalue weighted by Crippen LogP contribution is 2.28. The van der Waals surface area contributed by atoms with Crippen LogP contribution in [-0.2, 0) is 0 Å². The summed E-state index contributed by atoms with van der Waals surface area (Å²) >= 11 is 3.32. The number of anilines is 1. The third-order valence-corrected chi connectivity index (χ3v) is 3.62. The highest BCUT2D eigenvalue weighted by molar-refractivity contribution is 9.10. The zero-order valence-electron chi connectivity index (χ0n) is 10.7. The van der Waals surface area contributed by atoms with Gasteiger partial charge in [0.15, 0.2) is 0 Å². The molecule has 0 radical (unpaired) electrons. The van der Waals surface area contributed by atoms with Crippen LogP contribution in [0.15, 0.2) is 46.9 Å². The first-order valence-corrected chi connectivity index (χ1v) is 6.82. The van der Waals surface area contributed by atoms with Gasteiger partial charge in [-0.2, -0.15) is 0 Å². The van der Waals surface area contributed by atoms with Gasteiger partial charge in [0.2, 0.25) is 0 Å². The Morgan fingerprint density at radius 2 is 2.00 bits per heavy atom. The summed E-state index contributed by atoms with van der Waals surface area (Å²) in [5.41, 5.74) is 1.47. The maximum atomic E-state index is 13.7. The van der Waals surface area contributed by atoms with E-state index in [0.29, 0.717) is 15.7 Å². The molecule has 0 bridgehead atoms. The molecule has 3 nitrogen and oxygen atoms in total. The van der Waals surface area contributed by atoms with E-state index in [1.54, 1.807) is 24.3 Å². The van der Waals surface area contributed by atoms with Gasteiger partial charge in [-0.15, -0.1) is 0 Å². The number of carboxylic acid groups (broad SMARTS) is 1. The van der Waals surface area contributed by atoms with Gasteiger partial charge in [0.05, 0.1) is 11.6 Å². The highest BCUT2D eigenvalue weighted by Gasteiger charge is 2.12. The second-order valence-electron chi connectivity index (χ2n) is 4.39. The molecule has 0 saturated carbocycles. The molecular weight excluding hydrogens is 325 g/mol. The third kappa shape index (κ3) is 3.17. The van der Waals surface area contributed by atoms with Crippen molar-refractivity contribution in [3.8, 4) is 0 Å². The molecule has 20 heavy (non-hydrogen) atoms. The summed E-state index contributed by atoms with van der Waals surface area (Å²) in [4.78, 5) is 10.9. The van der Waals surface area contributed by atoms with E-state index in [1.165, 1.54) is 18.2 Å². The molecule has 1 atom stereocenters. The SMILES string of the molecule is CC(Nc1ccc(C(=O)O)cc1Br)c1ccccc1F. The minimum atomic E-state index is -0.987. The van der Waals surface area contributed by atoms with Gasteiger partial charge in [0.25, 0.3) is 0 Å². The van der Waals surface area contributed by atoms with E-state index in [-0.39, 0.29) is 17.4 Å². The van der Waals surface area contributed by atoms with Crippen molar-refractivity contribution in [2.45, 2.75) is 13.0 Å². The topological polar surface area (TPSA) is 49.3 Å². The van der Waals surface area contributed by atoms with Gasteiger partial charge in [-0.3, -0.25) is 0 Å². The summed E-state index contributed by atoms with van der Waals surface area (Å²) < 4.78 is 14.3. The molecule has 0 heterocycles. The van der Waals surface area contributed by atoms with Crippen molar-refractivity contribution < 1.29 is 14.3 Å². The van der Waals surface area contributed by atoms with Crippen molar-refractivity contribution in [3.05, 3.63) is 63.9 Å². The largest absolute Gasteiger partial charge is 0.478 e. The van der Waals surface area contributed by atoms with Gasteiger partial charge in [-0.25, -0.2) is 9.18 Å². The van der Waals surface area contributed by atoms with Crippen molar-refractivity contribution >= 4 is 27.6 Å². The van der Waals surface area contributed by atoms with E-state index in [9.17, 15) is 9.18 Å². The summed E-state index contributed by atoms with van der Waals surface area (Å²) in [6.07, 6.45) is 0. The van der Waals surface area contributed by atoms with Crippen LogP contribution in [0.25, 0.3) is 0 Å². The number of carbonyl (C=O) groups is 1. The van der Waals surface area contributed by atoms with E-state index < -0.39 is 5.97 Å². The molecule has 2 aromatic rings. The van der Waals surface area contributed by atoms with Crippen LogP contribution in [0, 0.1) is 5.82 Å².